The van der Waals surface area contributed by atoms with Crippen molar-refractivity contribution in [2.24, 2.45) is 0 Å². The molecule has 0 saturated carbocycles. The van der Waals surface area contributed by atoms with Crippen LogP contribution in [0.4, 0.5) is 0 Å². The number of hydrogen-bond donors (Lipinski definition) is 2. The molecule has 1 aliphatic rings. The van der Waals surface area contributed by atoms with Gasteiger partial charge in [0, 0.05) is 12.6 Å². The number of carbonyl (C=O) groups excluding carboxylic acids is 1. The third-order valence-corrected chi connectivity index (χ3v) is 3.66. The molecule has 4 heteroatoms. The lowest BCUT2D eigenvalue weighted by Crippen LogP contribution is -2.49. The minimum atomic E-state index is -0.0531. The Bertz CT molecular complexity index is 305. The number of terminal acetylenes is 1. The van der Waals surface area contributed by atoms with Crippen molar-refractivity contribution in [3.05, 3.63) is 0 Å². The number of nitrogens with one attached hydrogen (secondary N) is 2. The first kappa shape index (κ1) is 15.0. The fourth-order valence-corrected chi connectivity index (χ4v) is 2.42. The van der Waals surface area contributed by atoms with Crippen LogP contribution >= 0.6 is 0 Å². The Morgan fingerprint density at radius 3 is 2.83 bits per heavy atom. The monoisotopic (exact) mass is 252 g/mol. The van der Waals surface area contributed by atoms with Crippen molar-refractivity contribution in [3.63, 3.8) is 0 Å². The fourth-order valence-electron chi connectivity index (χ4n) is 2.42. The third kappa shape index (κ3) is 4.32. The van der Waals surface area contributed by atoms with Gasteiger partial charge in [-0.1, -0.05) is 19.8 Å². The maximum atomic E-state index is 11.7. The highest BCUT2D eigenvalue weighted by Gasteiger charge is 2.34. The summed E-state index contributed by atoms with van der Waals surface area (Å²) in [5, 5.41) is 5.94. The molecule has 0 radical (unpaired) electrons. The van der Waals surface area contributed by atoms with E-state index in [1.54, 1.807) is 0 Å². The molecule has 2 N–H and O–H groups in total. The summed E-state index contributed by atoms with van der Waals surface area (Å²) < 4.78 is 5.88. The van der Waals surface area contributed by atoms with E-state index in [0.29, 0.717) is 6.54 Å². The fraction of sp³-hybridized carbons (Fsp3) is 0.786. The van der Waals surface area contributed by atoms with Gasteiger partial charge in [-0.3, -0.25) is 10.1 Å². The highest BCUT2D eigenvalue weighted by molar-refractivity contribution is 5.78. The normalized spacial score (nSPS) is 22.2. The summed E-state index contributed by atoms with van der Waals surface area (Å²) in [4.78, 5) is 11.7. The first-order valence-corrected chi connectivity index (χ1v) is 6.73. The minimum absolute atomic E-state index is 0.0123. The summed E-state index contributed by atoms with van der Waals surface area (Å²) in [6.07, 6.45) is 8.89. The van der Waals surface area contributed by atoms with Crippen LogP contribution in [0, 0.1) is 12.3 Å². The van der Waals surface area contributed by atoms with E-state index in [0.717, 1.165) is 32.3 Å². The summed E-state index contributed by atoms with van der Waals surface area (Å²) in [7, 11) is 0. The molecule has 1 fully saturated rings. The van der Waals surface area contributed by atoms with Crippen molar-refractivity contribution >= 4 is 5.91 Å². The van der Waals surface area contributed by atoms with Crippen molar-refractivity contribution in [2.75, 3.05) is 19.7 Å². The van der Waals surface area contributed by atoms with Crippen LogP contribution in [0.3, 0.4) is 0 Å². The maximum Gasteiger partial charge on any atom is 0.234 e. The van der Waals surface area contributed by atoms with Gasteiger partial charge < -0.3 is 10.1 Å². The zero-order valence-corrected chi connectivity index (χ0v) is 11.4. The van der Waals surface area contributed by atoms with Crippen LogP contribution < -0.4 is 10.6 Å². The van der Waals surface area contributed by atoms with Crippen LogP contribution in [0.25, 0.3) is 0 Å². The van der Waals surface area contributed by atoms with Crippen LogP contribution in [0.5, 0.6) is 0 Å². The van der Waals surface area contributed by atoms with E-state index in [2.05, 4.69) is 30.4 Å². The van der Waals surface area contributed by atoms with Gasteiger partial charge in [-0.05, 0) is 25.7 Å². The van der Waals surface area contributed by atoms with Crippen LogP contribution in [-0.4, -0.2) is 37.2 Å². The molecule has 0 aromatic carbocycles. The van der Waals surface area contributed by atoms with Crippen LogP contribution in [0.2, 0.25) is 0 Å². The Kier molecular flexibility index (Phi) is 6.17. The lowest BCUT2D eigenvalue weighted by atomic mass is 9.86. The van der Waals surface area contributed by atoms with E-state index in [1.807, 2.05) is 0 Å². The van der Waals surface area contributed by atoms with Gasteiger partial charge >= 0.3 is 0 Å². The van der Waals surface area contributed by atoms with E-state index < -0.39 is 0 Å². The first-order chi connectivity index (χ1) is 8.65. The molecule has 1 unspecified atom stereocenters. The van der Waals surface area contributed by atoms with E-state index in [9.17, 15) is 4.79 Å². The summed E-state index contributed by atoms with van der Waals surface area (Å²) >= 11 is 0. The first-order valence-electron chi connectivity index (χ1n) is 6.73. The van der Waals surface area contributed by atoms with Gasteiger partial charge in [0.1, 0.15) is 0 Å². The molecule has 1 saturated heterocycles. The highest BCUT2D eigenvalue weighted by atomic mass is 16.5. The van der Waals surface area contributed by atoms with Gasteiger partial charge in [-0.2, -0.15) is 0 Å². The molecule has 0 aromatic heterocycles. The topological polar surface area (TPSA) is 50.4 Å². The summed E-state index contributed by atoms with van der Waals surface area (Å²) in [6.45, 7) is 5.72. The molecular weight excluding hydrogens is 228 g/mol. The second-order valence-electron chi connectivity index (χ2n) is 4.80. The van der Waals surface area contributed by atoms with Crippen molar-refractivity contribution in [1.82, 2.24) is 10.6 Å². The van der Waals surface area contributed by atoms with Gasteiger partial charge in [-0.25, -0.2) is 0 Å². The molecule has 1 amide bonds. The largest absolute Gasteiger partial charge is 0.375 e. The van der Waals surface area contributed by atoms with Gasteiger partial charge in [-0.15, -0.1) is 6.42 Å². The summed E-state index contributed by atoms with van der Waals surface area (Å²) in [5.41, 5.74) is -0.0531. The Labute approximate surface area is 110 Å². The van der Waals surface area contributed by atoms with E-state index in [-0.39, 0.29) is 24.1 Å². The van der Waals surface area contributed by atoms with Crippen molar-refractivity contribution < 1.29 is 9.53 Å². The lowest BCUT2D eigenvalue weighted by Gasteiger charge is -2.40. The van der Waals surface area contributed by atoms with E-state index >= 15 is 0 Å². The Balaban J connectivity index is 2.38. The summed E-state index contributed by atoms with van der Waals surface area (Å²) in [6, 6.07) is 0.221. The van der Waals surface area contributed by atoms with Gasteiger partial charge in [0.25, 0.3) is 0 Å². The lowest BCUT2D eigenvalue weighted by molar-refractivity contribution is -0.125. The zero-order chi connectivity index (χ0) is 13.4. The van der Waals surface area contributed by atoms with Gasteiger partial charge in [0.2, 0.25) is 5.91 Å². The predicted molar refractivity (Wildman–Crippen MR) is 72.1 cm³/mol. The molecule has 0 aliphatic carbocycles. The smallest absolute Gasteiger partial charge is 0.234 e. The number of rotatable bonds is 6. The number of ether oxygens (including phenoxy) is 1. The van der Waals surface area contributed by atoms with Crippen LogP contribution in [0.15, 0.2) is 0 Å². The number of hydrogen-bond acceptors (Lipinski definition) is 3. The van der Waals surface area contributed by atoms with E-state index in [4.69, 9.17) is 11.2 Å². The van der Waals surface area contributed by atoms with Gasteiger partial charge in [0.15, 0.2) is 0 Å². The molecule has 4 nitrogen and oxygen atoms in total. The average molecular weight is 252 g/mol. The summed E-state index contributed by atoms with van der Waals surface area (Å²) in [5.74, 6) is 2.46. The number of amides is 1. The SMILES string of the molecule is C#CCNCC(=O)NC1CCOC(CC)(CC)C1. The molecule has 0 aromatic rings. The molecule has 1 atom stereocenters. The molecule has 0 spiro atoms. The maximum absolute atomic E-state index is 11.7. The average Bonchev–Trinajstić information content (AvgIpc) is 2.39. The Morgan fingerprint density at radius 1 is 1.50 bits per heavy atom. The highest BCUT2D eigenvalue weighted by Crippen LogP contribution is 2.31. The van der Waals surface area contributed by atoms with Crippen molar-refractivity contribution in [2.45, 2.75) is 51.2 Å². The number of carbonyl (C=O) groups is 1. The second-order valence-corrected chi connectivity index (χ2v) is 4.80. The zero-order valence-electron chi connectivity index (χ0n) is 11.4. The van der Waals surface area contributed by atoms with E-state index in [1.165, 1.54) is 0 Å². The van der Waals surface area contributed by atoms with Crippen LogP contribution in [0.1, 0.15) is 39.5 Å². The molecule has 1 rings (SSSR count). The van der Waals surface area contributed by atoms with Gasteiger partial charge in [0.05, 0.1) is 18.7 Å². The second kappa shape index (κ2) is 7.40. The van der Waals surface area contributed by atoms with Crippen molar-refractivity contribution in [3.8, 4) is 12.3 Å². The predicted octanol–water partition coefficient (Wildman–Crippen LogP) is 1.06. The van der Waals surface area contributed by atoms with Crippen molar-refractivity contribution in [1.29, 1.82) is 0 Å². The third-order valence-electron chi connectivity index (χ3n) is 3.66. The molecule has 1 aliphatic heterocycles. The Morgan fingerprint density at radius 2 is 2.22 bits per heavy atom. The quantitative estimate of drug-likeness (QED) is 0.549. The molecule has 1 heterocycles. The molecule has 18 heavy (non-hydrogen) atoms. The van der Waals surface area contributed by atoms with Crippen LogP contribution in [-0.2, 0) is 9.53 Å². The molecular formula is C14H24N2O2. The molecule has 0 bridgehead atoms. The molecule has 102 valence electrons. The minimum Gasteiger partial charge on any atom is -0.375 e. The standard InChI is InChI=1S/C14H24N2O2/c1-4-8-15-11-13(17)16-12-7-9-18-14(5-2,6-3)10-12/h1,12,15H,5-11H2,2-3H3,(H,16,17). The Hall–Kier alpha value is -1.05.